The van der Waals surface area contributed by atoms with Gasteiger partial charge in [-0.25, -0.2) is 0 Å². The zero-order valence-corrected chi connectivity index (χ0v) is 8.10. The summed E-state index contributed by atoms with van der Waals surface area (Å²) in [6, 6.07) is 8.11. The Morgan fingerprint density at radius 3 is 2.54 bits per heavy atom. The fourth-order valence-corrected chi connectivity index (χ4v) is 2.01. The Bertz CT molecular complexity index is 442. The number of aromatic nitrogens is 1. The van der Waals surface area contributed by atoms with Gasteiger partial charge >= 0.3 is 0 Å². The fourth-order valence-electron chi connectivity index (χ4n) is 0.894. The number of hydrogen-bond donors (Lipinski definition) is 1. The second-order valence-electron chi connectivity index (χ2n) is 2.10. The molecular formula is C7H5N4S2-. The highest BCUT2D eigenvalue weighted by atomic mass is 32.1. The number of thiazole rings is 1. The molecule has 0 atom stereocenters. The third-order valence-electron chi connectivity index (χ3n) is 1.33. The molecular weight excluding hydrogens is 204 g/mol. The number of hydrogen-bond acceptors (Lipinski definition) is 2. The van der Waals surface area contributed by atoms with Crippen LogP contribution in [-0.2, 0) is 0 Å². The second kappa shape index (κ2) is 4.61. The summed E-state index contributed by atoms with van der Waals surface area (Å²) in [7, 11) is 0. The predicted molar refractivity (Wildman–Crippen MR) is 57.1 cm³/mol. The second-order valence-corrected chi connectivity index (χ2v) is 3.82. The van der Waals surface area contributed by atoms with Crippen molar-refractivity contribution < 1.29 is 0 Å². The summed E-state index contributed by atoms with van der Waals surface area (Å²) in [5.41, 5.74) is 14.6. The molecule has 6 heteroatoms. The molecule has 2 rings (SSSR count). The molecule has 0 spiro atoms. The highest BCUT2D eigenvalue weighted by Crippen LogP contribution is 2.17. The standard InChI is InChI=1S/C7H5NS2.N3/c9-7-8-5-3-1-2-4-6(5)10-7;1-3-2/h1-4H,(H,8,9);/q;-1. The lowest BCUT2D eigenvalue weighted by Gasteiger charge is -1.81. The van der Waals surface area contributed by atoms with Crippen molar-refractivity contribution in [2.45, 2.75) is 0 Å². The van der Waals surface area contributed by atoms with Crippen molar-refractivity contribution in [2.24, 2.45) is 0 Å². The molecule has 1 aromatic heterocycles. The van der Waals surface area contributed by atoms with Gasteiger partial charge in [0.1, 0.15) is 0 Å². The maximum Gasteiger partial charge on any atom is 0.159 e. The van der Waals surface area contributed by atoms with Crippen LogP contribution in [0.15, 0.2) is 24.3 Å². The zero-order chi connectivity index (χ0) is 9.68. The van der Waals surface area contributed by atoms with Gasteiger partial charge in [0.05, 0.1) is 10.2 Å². The monoisotopic (exact) mass is 209 g/mol. The van der Waals surface area contributed by atoms with Crippen molar-refractivity contribution in [1.29, 1.82) is 0 Å². The molecule has 66 valence electrons. The molecule has 0 radical (unpaired) electrons. The molecule has 1 heterocycles. The number of nitrogens with zero attached hydrogens (tertiary/aromatic N) is 3. The summed E-state index contributed by atoms with van der Waals surface area (Å²) in [6.45, 7) is 0. The van der Waals surface area contributed by atoms with Gasteiger partial charge in [-0.1, -0.05) is 12.1 Å². The van der Waals surface area contributed by atoms with Crippen LogP contribution in [0.25, 0.3) is 26.2 Å². The first kappa shape index (κ1) is 9.73. The molecule has 0 amide bonds. The fraction of sp³-hybridized carbons (Fsp3) is 0. The first-order chi connectivity index (χ1) is 6.27. The van der Waals surface area contributed by atoms with E-state index in [9.17, 15) is 0 Å². The zero-order valence-electron chi connectivity index (χ0n) is 6.47. The molecule has 0 aliphatic carbocycles. The van der Waals surface area contributed by atoms with Gasteiger partial charge in [-0.3, -0.25) is 4.91 Å². The number of aromatic amines is 1. The minimum Gasteiger partial charge on any atom is -0.373 e. The van der Waals surface area contributed by atoms with E-state index >= 15 is 0 Å². The van der Waals surface area contributed by atoms with Crippen LogP contribution < -0.4 is 0 Å². The molecule has 1 N–H and O–H groups in total. The number of para-hydroxylation sites is 1. The van der Waals surface area contributed by atoms with Crippen molar-refractivity contribution >= 4 is 33.8 Å². The van der Waals surface area contributed by atoms with Crippen LogP contribution in [-0.4, -0.2) is 4.98 Å². The molecule has 0 aliphatic rings. The summed E-state index contributed by atoms with van der Waals surface area (Å²) < 4.78 is 2.08. The number of H-pyrrole nitrogens is 1. The molecule has 0 unspecified atom stereocenters. The van der Waals surface area contributed by atoms with Crippen molar-refractivity contribution in [3.63, 3.8) is 0 Å². The topological polar surface area (TPSA) is 74.5 Å². The van der Waals surface area contributed by atoms with Gasteiger partial charge in [-0.15, -0.1) is 11.3 Å². The predicted octanol–water partition coefficient (Wildman–Crippen LogP) is 3.82. The maximum absolute atomic E-state index is 6.75. The van der Waals surface area contributed by atoms with E-state index in [-0.39, 0.29) is 0 Å². The summed E-state index contributed by atoms with van der Waals surface area (Å²) in [6.07, 6.45) is 0. The highest BCUT2D eigenvalue weighted by Gasteiger charge is 1.91. The minimum absolute atomic E-state index is 0.848. The third kappa shape index (κ3) is 2.55. The van der Waals surface area contributed by atoms with Gasteiger partial charge in [0.2, 0.25) is 0 Å². The number of fused-ring (bicyclic) bond motifs is 1. The van der Waals surface area contributed by atoms with E-state index in [0.29, 0.717) is 0 Å². The van der Waals surface area contributed by atoms with Crippen molar-refractivity contribution in [3.8, 4) is 0 Å². The van der Waals surface area contributed by atoms with Crippen LogP contribution >= 0.6 is 23.6 Å². The highest BCUT2D eigenvalue weighted by molar-refractivity contribution is 7.73. The summed E-state index contributed by atoms with van der Waals surface area (Å²) in [5, 5.41) is 0. The van der Waals surface area contributed by atoms with Gasteiger partial charge in [0, 0.05) is 0 Å². The van der Waals surface area contributed by atoms with E-state index < -0.39 is 0 Å². The molecule has 0 aliphatic heterocycles. The third-order valence-corrected chi connectivity index (χ3v) is 2.54. The van der Waals surface area contributed by atoms with E-state index in [1.165, 1.54) is 9.61 Å². The lowest BCUT2D eigenvalue weighted by atomic mass is 10.3. The molecule has 0 saturated carbocycles. The molecule has 0 saturated heterocycles. The molecule has 2 aromatic rings. The Hall–Kier alpha value is -1.36. The Labute approximate surface area is 83.3 Å². The molecule has 0 bridgehead atoms. The van der Waals surface area contributed by atoms with E-state index in [4.69, 9.17) is 23.3 Å². The van der Waals surface area contributed by atoms with E-state index in [2.05, 4.69) is 11.1 Å². The summed E-state index contributed by atoms with van der Waals surface area (Å²) in [4.78, 5) is 4.59. The van der Waals surface area contributed by atoms with E-state index in [0.717, 1.165) is 9.47 Å². The normalized spacial score (nSPS) is 8.62. The van der Waals surface area contributed by atoms with Crippen LogP contribution in [0.1, 0.15) is 0 Å². The first-order valence-corrected chi connectivity index (χ1v) is 4.56. The molecule has 4 nitrogen and oxygen atoms in total. The maximum atomic E-state index is 6.75. The average molecular weight is 209 g/mol. The first-order valence-electron chi connectivity index (χ1n) is 3.34. The molecule has 0 fully saturated rings. The van der Waals surface area contributed by atoms with Gasteiger partial charge in [0.25, 0.3) is 0 Å². The SMILES string of the molecule is S=c1[nH]c2ccccc2s1.[N-]=[N+]=[N-]. The number of benzene rings is 1. The molecule has 13 heavy (non-hydrogen) atoms. The van der Waals surface area contributed by atoms with Crippen LogP contribution in [0, 0.1) is 3.95 Å². The smallest absolute Gasteiger partial charge is 0.159 e. The van der Waals surface area contributed by atoms with Crippen LogP contribution in [0.4, 0.5) is 0 Å². The van der Waals surface area contributed by atoms with Gasteiger partial charge in [0.15, 0.2) is 3.95 Å². The van der Waals surface area contributed by atoms with Crippen molar-refractivity contribution in [1.82, 2.24) is 4.98 Å². The number of nitrogens with one attached hydrogen (secondary N) is 1. The molecule has 1 aromatic carbocycles. The Morgan fingerprint density at radius 1 is 1.31 bits per heavy atom. The summed E-state index contributed by atoms with van der Waals surface area (Å²) in [5.74, 6) is 0. The van der Waals surface area contributed by atoms with Gasteiger partial charge in [-0.2, -0.15) is 0 Å². The van der Waals surface area contributed by atoms with Gasteiger partial charge in [-0.05, 0) is 24.4 Å². The van der Waals surface area contributed by atoms with E-state index in [1.54, 1.807) is 11.3 Å². The van der Waals surface area contributed by atoms with Crippen LogP contribution in [0.3, 0.4) is 0 Å². The lowest BCUT2D eigenvalue weighted by Crippen LogP contribution is -1.62. The van der Waals surface area contributed by atoms with Gasteiger partial charge < -0.3 is 16.0 Å². The quantitative estimate of drug-likeness (QED) is 0.304. The van der Waals surface area contributed by atoms with Crippen LogP contribution in [0.5, 0.6) is 0 Å². The lowest BCUT2D eigenvalue weighted by molar-refractivity contribution is 1.47. The Balaban J connectivity index is 0.000000251. The van der Waals surface area contributed by atoms with E-state index in [1.807, 2.05) is 18.2 Å². The summed E-state index contributed by atoms with van der Waals surface area (Å²) >= 11 is 6.59. The Kier molecular flexibility index (Phi) is 3.45. The van der Waals surface area contributed by atoms with Crippen molar-refractivity contribution in [3.05, 3.63) is 44.2 Å². The Morgan fingerprint density at radius 2 is 1.92 bits per heavy atom. The number of rotatable bonds is 0. The average Bonchev–Trinajstić information content (AvgIpc) is 2.45. The van der Waals surface area contributed by atoms with Crippen LogP contribution in [0.2, 0.25) is 0 Å². The van der Waals surface area contributed by atoms with Crippen molar-refractivity contribution in [2.75, 3.05) is 0 Å². The minimum atomic E-state index is 0.848. The largest absolute Gasteiger partial charge is 0.373 e.